The van der Waals surface area contributed by atoms with Gasteiger partial charge in [0.05, 0.1) is 0 Å². The monoisotopic (exact) mass is 237 g/mol. The van der Waals surface area contributed by atoms with Crippen LogP contribution in [0.4, 0.5) is 0 Å². The van der Waals surface area contributed by atoms with Crippen molar-refractivity contribution < 1.29 is 0 Å². The zero-order valence-electron chi connectivity index (χ0n) is 10.6. The Kier molecular flexibility index (Phi) is 6.43. The van der Waals surface area contributed by atoms with E-state index in [0.717, 1.165) is 6.54 Å². The Balaban J connectivity index is 2.29. The molecule has 0 aliphatic heterocycles. The molecular formula is C14H23NS. The van der Waals surface area contributed by atoms with Crippen LogP contribution in [0.3, 0.4) is 0 Å². The van der Waals surface area contributed by atoms with E-state index >= 15 is 0 Å². The summed E-state index contributed by atoms with van der Waals surface area (Å²) in [7, 11) is 0. The lowest BCUT2D eigenvalue weighted by molar-refractivity contribution is 0.551. The third kappa shape index (κ3) is 5.47. The molecular weight excluding hydrogens is 214 g/mol. The van der Waals surface area contributed by atoms with E-state index in [-0.39, 0.29) is 0 Å². The number of hydrogen-bond donors (Lipinski definition) is 1. The maximum absolute atomic E-state index is 3.52. The van der Waals surface area contributed by atoms with Crippen molar-refractivity contribution in [3.05, 3.63) is 34.0 Å². The second kappa shape index (κ2) is 7.64. The molecule has 1 nitrogen and oxygen atoms in total. The lowest BCUT2D eigenvalue weighted by Crippen LogP contribution is -2.27. The molecule has 1 N–H and O–H groups in total. The second-order valence-electron chi connectivity index (χ2n) is 4.38. The number of allylic oxidation sites excluding steroid dienone is 1. The Bertz CT molecular complexity index is 297. The molecule has 0 aromatic carbocycles. The van der Waals surface area contributed by atoms with Gasteiger partial charge < -0.3 is 5.32 Å². The summed E-state index contributed by atoms with van der Waals surface area (Å²) in [4.78, 5) is 1.51. The third-order valence-corrected chi connectivity index (χ3v) is 3.46. The molecule has 1 rings (SSSR count). The van der Waals surface area contributed by atoms with Crippen molar-refractivity contribution in [2.45, 2.75) is 46.1 Å². The summed E-state index contributed by atoms with van der Waals surface area (Å²) >= 11 is 1.87. The van der Waals surface area contributed by atoms with Gasteiger partial charge in [0.1, 0.15) is 0 Å². The largest absolute Gasteiger partial charge is 0.311 e. The molecule has 0 saturated carbocycles. The van der Waals surface area contributed by atoms with Crippen LogP contribution in [-0.2, 0) is 6.42 Å². The summed E-state index contributed by atoms with van der Waals surface area (Å²) in [5, 5.41) is 5.68. The molecule has 2 heteroatoms. The van der Waals surface area contributed by atoms with E-state index in [1.165, 1.54) is 29.7 Å². The van der Waals surface area contributed by atoms with E-state index in [1.807, 2.05) is 11.3 Å². The second-order valence-corrected chi connectivity index (χ2v) is 5.41. The highest BCUT2D eigenvalue weighted by Crippen LogP contribution is 2.13. The average Bonchev–Trinajstić information content (AvgIpc) is 2.70. The van der Waals surface area contributed by atoms with Crippen LogP contribution in [0, 0.1) is 0 Å². The zero-order valence-corrected chi connectivity index (χ0v) is 11.4. The predicted octanol–water partition coefficient (Wildman–Crippen LogP) is 4.02. The standard InChI is InChI=1S/C14H23NS/c1-4-15-13(11-12(2)3)7-5-8-14-9-6-10-16-14/h6,9-11,13,15H,4-5,7-8H2,1-3H3. The number of aryl methyl sites for hydroxylation is 1. The fraction of sp³-hybridized carbons (Fsp3) is 0.571. The Morgan fingerprint density at radius 3 is 2.88 bits per heavy atom. The number of thiophene rings is 1. The number of likely N-dealkylation sites (N-methyl/N-ethyl adjacent to an activating group) is 1. The topological polar surface area (TPSA) is 12.0 Å². The first-order valence-corrected chi connectivity index (χ1v) is 7.01. The van der Waals surface area contributed by atoms with Crippen molar-refractivity contribution in [2.24, 2.45) is 0 Å². The van der Waals surface area contributed by atoms with E-state index < -0.39 is 0 Å². The maximum atomic E-state index is 3.52. The smallest absolute Gasteiger partial charge is 0.0252 e. The molecule has 0 spiro atoms. The van der Waals surface area contributed by atoms with Gasteiger partial charge in [-0.3, -0.25) is 0 Å². The molecule has 1 heterocycles. The normalized spacial score (nSPS) is 12.4. The first-order valence-electron chi connectivity index (χ1n) is 6.13. The summed E-state index contributed by atoms with van der Waals surface area (Å²) in [6, 6.07) is 4.92. The Morgan fingerprint density at radius 1 is 1.50 bits per heavy atom. The van der Waals surface area contributed by atoms with Crippen molar-refractivity contribution in [1.29, 1.82) is 0 Å². The van der Waals surface area contributed by atoms with Gasteiger partial charge in [-0.2, -0.15) is 0 Å². The Hall–Kier alpha value is -0.600. The summed E-state index contributed by atoms with van der Waals surface area (Å²) in [6.45, 7) is 7.56. The van der Waals surface area contributed by atoms with Crippen molar-refractivity contribution in [1.82, 2.24) is 5.32 Å². The molecule has 0 radical (unpaired) electrons. The van der Waals surface area contributed by atoms with E-state index in [1.54, 1.807) is 0 Å². The minimum absolute atomic E-state index is 0.551. The quantitative estimate of drug-likeness (QED) is 0.706. The van der Waals surface area contributed by atoms with Crippen LogP contribution in [0.15, 0.2) is 29.2 Å². The van der Waals surface area contributed by atoms with Crippen LogP contribution in [0.2, 0.25) is 0 Å². The van der Waals surface area contributed by atoms with Crippen LogP contribution in [-0.4, -0.2) is 12.6 Å². The van der Waals surface area contributed by atoms with E-state index in [4.69, 9.17) is 0 Å². The van der Waals surface area contributed by atoms with Gasteiger partial charge in [-0.25, -0.2) is 0 Å². The van der Waals surface area contributed by atoms with Crippen LogP contribution in [0.1, 0.15) is 38.5 Å². The summed E-state index contributed by atoms with van der Waals surface area (Å²) in [6.07, 6.45) is 6.06. The number of rotatable bonds is 7. The SMILES string of the molecule is CCNC(C=C(C)C)CCCc1cccs1. The molecule has 1 unspecified atom stereocenters. The summed E-state index contributed by atoms with van der Waals surface area (Å²) in [5.41, 5.74) is 1.40. The van der Waals surface area contributed by atoms with Crippen molar-refractivity contribution in [3.63, 3.8) is 0 Å². The fourth-order valence-electron chi connectivity index (χ4n) is 1.86. The Morgan fingerprint density at radius 2 is 2.31 bits per heavy atom. The fourth-order valence-corrected chi connectivity index (χ4v) is 2.61. The van der Waals surface area contributed by atoms with Gasteiger partial charge in [0.2, 0.25) is 0 Å². The molecule has 0 fully saturated rings. The van der Waals surface area contributed by atoms with Gasteiger partial charge in [0, 0.05) is 10.9 Å². The Labute approximate surface area is 104 Å². The van der Waals surface area contributed by atoms with Gasteiger partial charge in [0.15, 0.2) is 0 Å². The first kappa shape index (κ1) is 13.5. The minimum atomic E-state index is 0.551. The number of nitrogens with one attached hydrogen (secondary N) is 1. The predicted molar refractivity (Wildman–Crippen MR) is 74.2 cm³/mol. The maximum Gasteiger partial charge on any atom is 0.0252 e. The molecule has 1 aromatic rings. The van der Waals surface area contributed by atoms with Crippen LogP contribution < -0.4 is 5.32 Å². The van der Waals surface area contributed by atoms with Gasteiger partial charge in [-0.1, -0.05) is 24.6 Å². The molecule has 0 aliphatic carbocycles. The average molecular weight is 237 g/mol. The van der Waals surface area contributed by atoms with Gasteiger partial charge in [-0.15, -0.1) is 11.3 Å². The van der Waals surface area contributed by atoms with Gasteiger partial charge in [0.25, 0.3) is 0 Å². The minimum Gasteiger partial charge on any atom is -0.311 e. The zero-order chi connectivity index (χ0) is 11.8. The van der Waals surface area contributed by atoms with Crippen LogP contribution in [0.5, 0.6) is 0 Å². The van der Waals surface area contributed by atoms with Crippen molar-refractivity contribution in [2.75, 3.05) is 6.54 Å². The van der Waals surface area contributed by atoms with E-state index in [0.29, 0.717) is 6.04 Å². The lowest BCUT2D eigenvalue weighted by atomic mass is 10.1. The lowest BCUT2D eigenvalue weighted by Gasteiger charge is -2.14. The molecule has 0 saturated heterocycles. The van der Waals surface area contributed by atoms with Gasteiger partial charge in [-0.05, 0) is 51.1 Å². The third-order valence-electron chi connectivity index (χ3n) is 2.52. The molecule has 90 valence electrons. The molecule has 1 atom stereocenters. The van der Waals surface area contributed by atoms with Crippen LogP contribution in [0.25, 0.3) is 0 Å². The highest BCUT2D eigenvalue weighted by Gasteiger charge is 2.03. The highest BCUT2D eigenvalue weighted by molar-refractivity contribution is 7.09. The summed E-state index contributed by atoms with van der Waals surface area (Å²) < 4.78 is 0. The van der Waals surface area contributed by atoms with E-state index in [2.05, 4.69) is 49.7 Å². The molecule has 0 bridgehead atoms. The molecule has 16 heavy (non-hydrogen) atoms. The highest BCUT2D eigenvalue weighted by atomic mass is 32.1. The molecule has 0 aliphatic rings. The summed E-state index contributed by atoms with van der Waals surface area (Å²) in [5.74, 6) is 0. The molecule has 0 amide bonds. The van der Waals surface area contributed by atoms with E-state index in [9.17, 15) is 0 Å². The van der Waals surface area contributed by atoms with Crippen molar-refractivity contribution >= 4 is 11.3 Å². The molecule has 1 aromatic heterocycles. The number of hydrogen-bond acceptors (Lipinski definition) is 2. The van der Waals surface area contributed by atoms with Crippen molar-refractivity contribution in [3.8, 4) is 0 Å². The van der Waals surface area contributed by atoms with Gasteiger partial charge >= 0.3 is 0 Å². The van der Waals surface area contributed by atoms with Crippen LogP contribution >= 0.6 is 11.3 Å². The first-order chi connectivity index (χ1) is 7.72.